The van der Waals surface area contributed by atoms with Gasteiger partial charge in [-0.25, -0.2) is 33.7 Å². The van der Waals surface area contributed by atoms with Crippen molar-refractivity contribution in [2.75, 3.05) is 6.54 Å². The van der Waals surface area contributed by atoms with Crippen molar-refractivity contribution in [1.29, 1.82) is 0 Å². The van der Waals surface area contributed by atoms with E-state index in [1.165, 1.54) is 0 Å². The molecule has 26 heteroatoms. The molecular formula is C17H13NNa4O17S4. The van der Waals surface area contributed by atoms with E-state index in [1.54, 1.807) is 0 Å². The van der Waals surface area contributed by atoms with E-state index in [4.69, 9.17) is 0 Å². The molecule has 0 saturated heterocycles. The molecule has 0 bridgehead atoms. The van der Waals surface area contributed by atoms with E-state index in [2.05, 4.69) is 16.7 Å². The molecule has 0 saturated carbocycles. The predicted octanol–water partition coefficient (Wildman–Crippen LogP) is -13.8. The van der Waals surface area contributed by atoms with Gasteiger partial charge in [-0.1, -0.05) is 0 Å². The average Bonchev–Trinajstić information content (AvgIpc) is 2.71. The van der Waals surface area contributed by atoms with Crippen molar-refractivity contribution in [2.24, 2.45) is 0 Å². The van der Waals surface area contributed by atoms with Gasteiger partial charge in [0, 0.05) is 18.7 Å². The maximum atomic E-state index is 13.0. The first-order valence-electron chi connectivity index (χ1n) is 9.85. The molecule has 0 aromatic heterocycles. The third kappa shape index (κ3) is 15.9. The molecule has 216 valence electrons. The van der Waals surface area contributed by atoms with Crippen LogP contribution in [0.25, 0.3) is 0 Å². The zero-order chi connectivity index (χ0) is 29.4. The van der Waals surface area contributed by atoms with E-state index in [-0.39, 0.29) is 154 Å². The quantitative estimate of drug-likeness (QED) is 0.125. The topological polar surface area (TPSA) is 286 Å². The molecule has 18 nitrogen and oxygen atoms in total. The third-order valence-electron chi connectivity index (χ3n) is 4.78. The van der Waals surface area contributed by atoms with Crippen molar-refractivity contribution < 1.29 is 192 Å². The van der Waals surface area contributed by atoms with Crippen LogP contribution in [0.3, 0.4) is 0 Å². The fraction of sp³-hybridized carbons (Fsp3) is 0.235. The SMILES string of the molecule is O=C(Cc1cc(OS(=O)(=O)[O-])ccc1OS(=O)(=O)[O-])N1CCc2cc(OS(=O)(=O)[O-])c(OS(=O)(=O)[O-])cc2C1.[Na+].[Na+].[Na+].[Na+]. The Morgan fingerprint density at radius 2 is 1.09 bits per heavy atom. The Morgan fingerprint density at radius 3 is 1.56 bits per heavy atom. The number of carbonyl (C=O) groups is 1. The van der Waals surface area contributed by atoms with Crippen molar-refractivity contribution in [3.8, 4) is 23.0 Å². The first-order valence-corrected chi connectivity index (χ1v) is 15.2. The van der Waals surface area contributed by atoms with Gasteiger partial charge in [-0.2, -0.15) is 0 Å². The van der Waals surface area contributed by atoms with E-state index >= 15 is 0 Å². The Hall–Kier alpha value is 0.750. The number of fused-ring (bicyclic) bond motifs is 1. The molecule has 43 heavy (non-hydrogen) atoms. The molecule has 2 aromatic rings. The molecule has 0 fully saturated rings. The number of hydrogen-bond acceptors (Lipinski definition) is 17. The van der Waals surface area contributed by atoms with Gasteiger partial charge in [0.1, 0.15) is 11.5 Å². The van der Waals surface area contributed by atoms with Crippen LogP contribution < -0.4 is 135 Å². The van der Waals surface area contributed by atoms with Crippen LogP contribution in [0.2, 0.25) is 0 Å². The number of carbonyl (C=O) groups excluding carboxylic acids is 1. The van der Waals surface area contributed by atoms with Crippen LogP contribution >= 0.6 is 0 Å². The molecule has 0 radical (unpaired) electrons. The minimum absolute atomic E-state index is 0. The number of rotatable bonds is 10. The fourth-order valence-corrected chi connectivity index (χ4v) is 4.88. The summed E-state index contributed by atoms with van der Waals surface area (Å²) in [6.07, 6.45) is -0.763. The van der Waals surface area contributed by atoms with Crippen LogP contribution in [0, 0.1) is 0 Å². The molecule has 0 aliphatic carbocycles. The number of benzene rings is 2. The summed E-state index contributed by atoms with van der Waals surface area (Å²) < 4.78 is 148. The van der Waals surface area contributed by atoms with Gasteiger partial charge in [-0.15, -0.1) is 0 Å². The summed E-state index contributed by atoms with van der Waals surface area (Å²) in [5.74, 6) is -3.96. The molecular weight excluding hydrogens is 710 g/mol. The minimum Gasteiger partial charge on any atom is -0.716 e. The van der Waals surface area contributed by atoms with Gasteiger partial charge in [0.05, 0.1) is 6.42 Å². The molecule has 0 atom stereocenters. The van der Waals surface area contributed by atoms with Crippen molar-refractivity contribution >= 4 is 47.5 Å². The molecule has 3 rings (SSSR count). The summed E-state index contributed by atoms with van der Waals surface area (Å²) in [5.41, 5.74) is 0.0140. The maximum Gasteiger partial charge on any atom is 1.00 e. The van der Waals surface area contributed by atoms with Gasteiger partial charge < -0.3 is 39.8 Å². The monoisotopic (exact) mass is 723 g/mol. The molecule has 1 amide bonds. The molecule has 1 heterocycles. The molecule has 1 aliphatic heterocycles. The van der Waals surface area contributed by atoms with Gasteiger partial charge >= 0.3 is 118 Å². The van der Waals surface area contributed by atoms with Gasteiger partial charge in [0.2, 0.25) is 5.91 Å². The van der Waals surface area contributed by atoms with Crippen LogP contribution in [0.1, 0.15) is 16.7 Å². The number of amides is 1. The molecule has 0 N–H and O–H groups in total. The first-order chi connectivity index (χ1) is 17.7. The van der Waals surface area contributed by atoms with Gasteiger partial charge in [0.25, 0.3) is 41.6 Å². The van der Waals surface area contributed by atoms with E-state index in [0.29, 0.717) is 0 Å². The molecule has 0 unspecified atom stereocenters. The Morgan fingerprint density at radius 1 is 0.651 bits per heavy atom. The second kappa shape index (κ2) is 17.8. The third-order valence-corrected chi connectivity index (χ3v) is 6.33. The summed E-state index contributed by atoms with van der Waals surface area (Å²) in [5, 5.41) is 0. The largest absolute Gasteiger partial charge is 1.00 e. The molecule has 0 spiro atoms. The summed E-state index contributed by atoms with van der Waals surface area (Å²) in [6.45, 7) is -0.411. The normalized spacial score (nSPS) is 13.0. The molecule has 1 aliphatic rings. The zero-order valence-electron chi connectivity index (χ0n) is 22.7. The Bertz CT molecular complexity index is 1750. The Balaban J connectivity index is 0. The summed E-state index contributed by atoms with van der Waals surface area (Å²) in [6, 6.07) is 4.08. The van der Waals surface area contributed by atoms with Crippen molar-refractivity contribution in [3.63, 3.8) is 0 Å². The maximum absolute atomic E-state index is 13.0. The Kier molecular flexibility index (Phi) is 19.0. The minimum atomic E-state index is -5.46. The first kappa shape index (κ1) is 45.9. The van der Waals surface area contributed by atoms with Crippen LogP contribution in [-0.2, 0) is 65.8 Å². The van der Waals surface area contributed by atoms with E-state index in [0.717, 1.165) is 35.2 Å². The smallest absolute Gasteiger partial charge is 0.716 e. The number of nitrogens with zero attached hydrogens (tertiary/aromatic N) is 1. The number of hydrogen-bond donors (Lipinski definition) is 0. The van der Waals surface area contributed by atoms with Gasteiger partial charge in [-0.05, 0) is 47.9 Å². The second-order valence-corrected chi connectivity index (χ2v) is 11.5. The second-order valence-electron chi connectivity index (χ2n) is 7.55. The van der Waals surface area contributed by atoms with Crippen LogP contribution in [0.5, 0.6) is 23.0 Å². The van der Waals surface area contributed by atoms with Crippen molar-refractivity contribution in [2.45, 2.75) is 19.4 Å². The standard InChI is InChI=1S/C17H17NO17S4.4Na/c19-17(8-11-5-13(32-36(20,21)22)1-2-14(11)33-37(23,24)25)18-4-3-10-6-15(34-38(26,27)28)16(7-12(10)9-18)35-39(29,30)31;;;;/h1-2,5-7H,3-4,8-9H2,(H,20,21,22)(H,23,24,25)(H,26,27,28)(H,29,30,31);;;;/q;4*+1/p-4. The van der Waals surface area contributed by atoms with E-state index < -0.39 is 76.9 Å². The van der Waals surface area contributed by atoms with Crippen molar-refractivity contribution in [3.05, 3.63) is 47.0 Å². The van der Waals surface area contributed by atoms with E-state index in [1.807, 2.05) is 0 Å². The van der Waals surface area contributed by atoms with Crippen LogP contribution in [0.15, 0.2) is 30.3 Å². The van der Waals surface area contributed by atoms with Crippen molar-refractivity contribution in [1.82, 2.24) is 4.90 Å². The van der Waals surface area contributed by atoms with Crippen LogP contribution in [-0.4, -0.2) is 69.2 Å². The molecule has 2 aromatic carbocycles. The summed E-state index contributed by atoms with van der Waals surface area (Å²) in [7, 11) is -21.5. The van der Waals surface area contributed by atoms with E-state index in [9.17, 15) is 56.7 Å². The van der Waals surface area contributed by atoms with Crippen LogP contribution in [0.4, 0.5) is 0 Å². The zero-order valence-corrected chi connectivity index (χ0v) is 34.0. The summed E-state index contributed by atoms with van der Waals surface area (Å²) in [4.78, 5) is 14.1. The summed E-state index contributed by atoms with van der Waals surface area (Å²) >= 11 is 0. The van der Waals surface area contributed by atoms with Gasteiger partial charge in [-0.3, -0.25) is 4.79 Å². The Labute approximate surface area is 335 Å². The average molecular weight is 724 g/mol. The predicted molar refractivity (Wildman–Crippen MR) is 117 cm³/mol. The van der Waals surface area contributed by atoms with Gasteiger partial charge in [0.15, 0.2) is 11.5 Å². The fourth-order valence-electron chi connectivity index (χ4n) is 3.46.